The Bertz CT molecular complexity index is 686. The Labute approximate surface area is 160 Å². The summed E-state index contributed by atoms with van der Waals surface area (Å²) in [6.45, 7) is 1.69. The number of nitrogens with zero attached hydrogens (tertiary/aromatic N) is 4. The van der Waals surface area contributed by atoms with Gasteiger partial charge in [0.2, 0.25) is 0 Å². The van der Waals surface area contributed by atoms with Gasteiger partial charge >= 0.3 is 0 Å². The number of halogens is 2. The van der Waals surface area contributed by atoms with Crippen molar-refractivity contribution in [3.05, 3.63) is 48.2 Å². The van der Waals surface area contributed by atoms with E-state index in [1.165, 1.54) is 0 Å². The maximum Gasteiger partial charge on any atom is 0.255 e. The predicted octanol–water partition coefficient (Wildman–Crippen LogP) is 2.64. The first-order chi connectivity index (χ1) is 11.2. The number of nitrogen functional groups attached to an aromatic ring is 1. The number of nitrogens with two attached hydrogens (primary N) is 1. The van der Waals surface area contributed by atoms with Crippen LogP contribution in [0.1, 0.15) is 23.2 Å². The van der Waals surface area contributed by atoms with Gasteiger partial charge in [0.15, 0.2) is 5.82 Å². The summed E-state index contributed by atoms with van der Waals surface area (Å²) in [6.07, 6.45) is 3.66. The molecule has 136 valence electrons. The van der Waals surface area contributed by atoms with Crippen molar-refractivity contribution in [2.75, 3.05) is 30.8 Å². The summed E-state index contributed by atoms with van der Waals surface area (Å²) in [5.74, 6) is 0.825. The van der Waals surface area contributed by atoms with E-state index in [9.17, 15) is 4.79 Å². The largest absolute Gasteiger partial charge is 0.398 e. The van der Waals surface area contributed by atoms with E-state index in [4.69, 9.17) is 5.73 Å². The molecule has 1 saturated heterocycles. The van der Waals surface area contributed by atoms with E-state index < -0.39 is 0 Å². The van der Waals surface area contributed by atoms with Gasteiger partial charge in [-0.1, -0.05) is 12.1 Å². The van der Waals surface area contributed by atoms with Crippen molar-refractivity contribution in [2.24, 2.45) is 0 Å². The Kier molecular flexibility index (Phi) is 7.93. The first-order valence-corrected chi connectivity index (χ1v) is 7.81. The van der Waals surface area contributed by atoms with Crippen LogP contribution in [-0.2, 0) is 0 Å². The number of aromatic nitrogens is 2. The number of anilines is 2. The minimum Gasteiger partial charge on any atom is -0.398 e. The molecule has 1 aromatic heterocycles. The molecular formula is C17H23Cl2N5O. The fourth-order valence-electron chi connectivity index (χ4n) is 2.99. The van der Waals surface area contributed by atoms with Gasteiger partial charge in [-0.05, 0) is 37.1 Å². The first kappa shape index (κ1) is 21.0. The van der Waals surface area contributed by atoms with E-state index in [0.29, 0.717) is 11.3 Å². The van der Waals surface area contributed by atoms with Gasteiger partial charge in [0.05, 0.1) is 5.56 Å². The number of carbonyl (C=O) groups excluding carboxylic acids is 1. The number of hydrogen-bond donors (Lipinski definition) is 1. The third-order valence-corrected chi connectivity index (χ3v) is 4.34. The molecule has 1 aliphatic heterocycles. The molecule has 0 spiro atoms. The molecule has 2 aromatic rings. The highest BCUT2D eigenvalue weighted by Gasteiger charge is 2.28. The number of benzene rings is 1. The van der Waals surface area contributed by atoms with Crippen molar-refractivity contribution in [2.45, 2.75) is 18.9 Å². The summed E-state index contributed by atoms with van der Waals surface area (Å²) in [4.78, 5) is 16.7. The van der Waals surface area contributed by atoms with E-state index >= 15 is 0 Å². The highest BCUT2D eigenvalue weighted by Crippen LogP contribution is 2.22. The molecule has 1 fully saturated rings. The Balaban J connectivity index is 0.00000156. The molecule has 3 rings (SSSR count). The number of likely N-dealkylation sites (N-methyl/N-ethyl adjacent to an activating group) is 1. The van der Waals surface area contributed by atoms with Gasteiger partial charge in [0, 0.05) is 38.1 Å². The van der Waals surface area contributed by atoms with E-state index in [-0.39, 0.29) is 36.8 Å². The highest BCUT2D eigenvalue weighted by atomic mass is 35.5. The molecule has 6 nitrogen and oxygen atoms in total. The molecule has 1 amide bonds. The van der Waals surface area contributed by atoms with Crippen LogP contribution in [0.3, 0.4) is 0 Å². The van der Waals surface area contributed by atoms with Crippen molar-refractivity contribution in [3.63, 3.8) is 0 Å². The number of carbonyl (C=O) groups is 1. The summed E-state index contributed by atoms with van der Waals surface area (Å²) in [6, 6.07) is 11.2. The summed E-state index contributed by atoms with van der Waals surface area (Å²) < 4.78 is 0. The van der Waals surface area contributed by atoms with Gasteiger partial charge in [-0.2, -0.15) is 5.10 Å². The lowest BCUT2D eigenvalue weighted by Crippen LogP contribution is -2.49. The summed E-state index contributed by atoms with van der Waals surface area (Å²) >= 11 is 0. The van der Waals surface area contributed by atoms with Crippen LogP contribution in [0.4, 0.5) is 11.5 Å². The fraction of sp³-hybridized carbons (Fsp3) is 0.353. The number of rotatable bonds is 3. The van der Waals surface area contributed by atoms with Gasteiger partial charge in [-0.25, -0.2) is 0 Å². The standard InChI is InChI=1S/C17H21N5O.2ClH/c1-21(17(23)14-7-2-3-8-15(14)18)13-6-5-11-22(12-13)16-9-4-10-19-20-16;;/h2-4,7-10,13H,5-6,11-12,18H2,1H3;2*1H. The third kappa shape index (κ3) is 4.74. The van der Waals surface area contributed by atoms with E-state index in [2.05, 4.69) is 15.1 Å². The maximum atomic E-state index is 12.7. The molecule has 0 bridgehead atoms. The molecule has 1 aromatic carbocycles. The lowest BCUT2D eigenvalue weighted by molar-refractivity contribution is 0.0718. The average Bonchev–Trinajstić information content (AvgIpc) is 2.62. The van der Waals surface area contributed by atoms with Gasteiger partial charge in [0.25, 0.3) is 5.91 Å². The van der Waals surface area contributed by atoms with Gasteiger partial charge < -0.3 is 15.5 Å². The van der Waals surface area contributed by atoms with Crippen LogP contribution in [0.5, 0.6) is 0 Å². The Morgan fingerprint density at radius 3 is 2.68 bits per heavy atom. The molecular weight excluding hydrogens is 361 g/mol. The quantitative estimate of drug-likeness (QED) is 0.824. The Hall–Kier alpha value is -2.05. The van der Waals surface area contributed by atoms with Crippen molar-refractivity contribution in [1.82, 2.24) is 15.1 Å². The van der Waals surface area contributed by atoms with E-state index in [1.807, 2.05) is 31.3 Å². The molecule has 0 saturated carbocycles. The predicted molar refractivity (Wildman–Crippen MR) is 105 cm³/mol. The summed E-state index contributed by atoms with van der Waals surface area (Å²) in [5, 5.41) is 8.10. The zero-order chi connectivity index (χ0) is 16.2. The molecule has 25 heavy (non-hydrogen) atoms. The Morgan fingerprint density at radius 2 is 2.00 bits per heavy atom. The van der Waals surface area contributed by atoms with Crippen LogP contribution in [0, 0.1) is 0 Å². The van der Waals surface area contributed by atoms with Crippen molar-refractivity contribution < 1.29 is 4.79 Å². The molecule has 0 radical (unpaired) electrons. The second-order valence-electron chi connectivity index (χ2n) is 5.83. The number of piperidine rings is 1. The Morgan fingerprint density at radius 1 is 1.24 bits per heavy atom. The highest BCUT2D eigenvalue weighted by molar-refractivity contribution is 5.99. The second-order valence-corrected chi connectivity index (χ2v) is 5.83. The van der Waals surface area contributed by atoms with Gasteiger partial charge in [-0.3, -0.25) is 4.79 Å². The van der Waals surface area contributed by atoms with Crippen molar-refractivity contribution in [1.29, 1.82) is 0 Å². The van der Waals surface area contributed by atoms with Crippen LogP contribution in [0.15, 0.2) is 42.6 Å². The number of para-hydroxylation sites is 1. The molecule has 1 unspecified atom stereocenters. The fourth-order valence-corrected chi connectivity index (χ4v) is 2.99. The lowest BCUT2D eigenvalue weighted by Gasteiger charge is -2.38. The van der Waals surface area contributed by atoms with Gasteiger partial charge in [0.1, 0.15) is 0 Å². The number of hydrogen-bond acceptors (Lipinski definition) is 5. The van der Waals surface area contributed by atoms with Crippen LogP contribution >= 0.6 is 24.8 Å². The van der Waals surface area contributed by atoms with Crippen LogP contribution < -0.4 is 10.6 Å². The lowest BCUT2D eigenvalue weighted by atomic mass is 10.0. The van der Waals surface area contributed by atoms with Crippen LogP contribution in [-0.4, -0.2) is 47.2 Å². The topological polar surface area (TPSA) is 75.3 Å². The first-order valence-electron chi connectivity index (χ1n) is 7.81. The third-order valence-electron chi connectivity index (χ3n) is 4.34. The molecule has 1 aliphatic rings. The zero-order valence-corrected chi connectivity index (χ0v) is 15.7. The van der Waals surface area contributed by atoms with E-state index in [1.54, 1.807) is 23.2 Å². The van der Waals surface area contributed by atoms with Crippen LogP contribution in [0.25, 0.3) is 0 Å². The molecule has 0 aliphatic carbocycles. The normalized spacial score (nSPS) is 16.4. The summed E-state index contributed by atoms with van der Waals surface area (Å²) in [5.41, 5.74) is 7.01. The average molecular weight is 384 g/mol. The smallest absolute Gasteiger partial charge is 0.255 e. The van der Waals surface area contributed by atoms with Gasteiger partial charge in [-0.15, -0.1) is 29.9 Å². The molecule has 2 N–H and O–H groups in total. The summed E-state index contributed by atoms with van der Waals surface area (Å²) in [7, 11) is 1.85. The minimum atomic E-state index is -0.0332. The van der Waals surface area contributed by atoms with Crippen molar-refractivity contribution in [3.8, 4) is 0 Å². The van der Waals surface area contributed by atoms with Crippen LogP contribution in [0.2, 0.25) is 0 Å². The zero-order valence-electron chi connectivity index (χ0n) is 14.0. The maximum absolute atomic E-state index is 12.7. The number of amides is 1. The van der Waals surface area contributed by atoms with E-state index in [0.717, 1.165) is 31.7 Å². The monoisotopic (exact) mass is 383 g/mol. The minimum absolute atomic E-state index is 0. The second kappa shape index (κ2) is 9.44. The molecule has 2 heterocycles. The SMILES string of the molecule is CN(C(=O)c1ccccc1N)C1CCCN(c2cccnn2)C1.Cl.Cl. The molecule has 1 atom stereocenters. The molecule has 8 heteroatoms. The van der Waals surface area contributed by atoms with Crippen molar-refractivity contribution >= 4 is 42.2 Å².